The number of hydrogen-bond donors (Lipinski definition) is 3. The Morgan fingerprint density at radius 2 is 2.29 bits per heavy atom. The molecule has 0 bridgehead atoms. The Labute approximate surface area is 131 Å². The molecular formula is C16H27N3OS. The Bertz CT molecular complexity index is 440. The molecule has 0 aromatic carbocycles. The highest BCUT2D eigenvalue weighted by atomic mass is 32.1. The van der Waals surface area contributed by atoms with E-state index in [9.17, 15) is 5.11 Å². The van der Waals surface area contributed by atoms with Crippen LogP contribution in [0.2, 0.25) is 0 Å². The zero-order chi connectivity index (χ0) is 15.1. The Hall–Kier alpha value is -1.07. The second-order valence-corrected chi connectivity index (χ2v) is 7.07. The Morgan fingerprint density at radius 3 is 2.86 bits per heavy atom. The number of rotatable bonds is 7. The minimum absolute atomic E-state index is 0.502. The van der Waals surface area contributed by atoms with Crippen LogP contribution in [0.3, 0.4) is 0 Å². The highest BCUT2D eigenvalue weighted by Crippen LogP contribution is 2.31. The van der Waals surface area contributed by atoms with Crippen LogP contribution < -0.4 is 10.6 Å². The fourth-order valence-corrected chi connectivity index (χ4v) is 3.30. The molecule has 118 valence electrons. The minimum atomic E-state index is -0.551. The molecule has 0 radical (unpaired) electrons. The van der Waals surface area contributed by atoms with E-state index in [4.69, 9.17) is 0 Å². The maximum absolute atomic E-state index is 10.1. The normalized spacial score (nSPS) is 18.9. The van der Waals surface area contributed by atoms with Crippen LogP contribution >= 0.6 is 11.3 Å². The van der Waals surface area contributed by atoms with Crippen LogP contribution in [0.15, 0.2) is 22.5 Å². The molecule has 1 unspecified atom stereocenters. The van der Waals surface area contributed by atoms with E-state index in [0.717, 1.165) is 44.7 Å². The second kappa shape index (κ2) is 7.80. The molecule has 0 amide bonds. The molecule has 3 N–H and O–H groups in total. The predicted octanol–water partition coefficient (Wildman–Crippen LogP) is 2.40. The van der Waals surface area contributed by atoms with E-state index in [0.29, 0.717) is 12.5 Å². The van der Waals surface area contributed by atoms with Gasteiger partial charge in [-0.25, -0.2) is 0 Å². The number of thiophene rings is 1. The van der Waals surface area contributed by atoms with Crippen molar-refractivity contribution in [2.75, 3.05) is 19.6 Å². The summed E-state index contributed by atoms with van der Waals surface area (Å²) in [6, 6.07) is 4.29. The van der Waals surface area contributed by atoms with Crippen molar-refractivity contribution in [3.63, 3.8) is 0 Å². The van der Waals surface area contributed by atoms with Crippen molar-refractivity contribution in [1.29, 1.82) is 0 Å². The number of nitrogens with one attached hydrogen (secondary N) is 2. The number of nitrogens with zero attached hydrogens (tertiary/aromatic N) is 1. The monoisotopic (exact) mass is 309 g/mol. The van der Waals surface area contributed by atoms with Gasteiger partial charge in [0.05, 0.1) is 12.1 Å². The highest BCUT2D eigenvalue weighted by molar-refractivity contribution is 7.09. The van der Waals surface area contributed by atoms with Crippen LogP contribution in [0.1, 0.15) is 38.0 Å². The van der Waals surface area contributed by atoms with Crippen LogP contribution in [0.4, 0.5) is 0 Å². The lowest BCUT2D eigenvalue weighted by Crippen LogP contribution is -2.44. The molecule has 1 aromatic heterocycles. The number of aliphatic imine (C=N–C) groups is 1. The van der Waals surface area contributed by atoms with Gasteiger partial charge in [0.25, 0.3) is 0 Å². The number of guanidine groups is 1. The van der Waals surface area contributed by atoms with Gasteiger partial charge in [0.1, 0.15) is 0 Å². The molecule has 2 rings (SSSR count). The number of aliphatic hydroxyl groups is 1. The summed E-state index contributed by atoms with van der Waals surface area (Å²) < 4.78 is 0. The molecule has 0 spiro atoms. The van der Waals surface area contributed by atoms with E-state index in [1.165, 1.54) is 4.88 Å². The molecule has 0 saturated heterocycles. The average Bonchev–Trinajstić information content (AvgIpc) is 2.92. The van der Waals surface area contributed by atoms with Crippen molar-refractivity contribution in [3.05, 3.63) is 22.4 Å². The molecular weight excluding hydrogens is 282 g/mol. The summed E-state index contributed by atoms with van der Waals surface area (Å²) >= 11 is 1.81. The first-order valence-electron chi connectivity index (χ1n) is 7.88. The van der Waals surface area contributed by atoms with Crippen molar-refractivity contribution in [2.45, 2.75) is 45.1 Å². The SMILES string of the molecule is CCNC(=NCC1(O)CCC1)NCC(C)Cc1cccs1. The van der Waals surface area contributed by atoms with E-state index in [1.54, 1.807) is 0 Å². The van der Waals surface area contributed by atoms with Gasteiger partial charge in [-0.3, -0.25) is 4.99 Å². The fourth-order valence-electron chi connectivity index (χ4n) is 2.43. The molecule has 5 heteroatoms. The largest absolute Gasteiger partial charge is 0.388 e. The van der Waals surface area contributed by atoms with Gasteiger partial charge in [0.15, 0.2) is 5.96 Å². The van der Waals surface area contributed by atoms with Gasteiger partial charge >= 0.3 is 0 Å². The van der Waals surface area contributed by atoms with Gasteiger partial charge in [-0.05, 0) is 50.0 Å². The van der Waals surface area contributed by atoms with E-state index in [2.05, 4.69) is 47.0 Å². The van der Waals surface area contributed by atoms with Gasteiger partial charge in [-0.15, -0.1) is 11.3 Å². The summed E-state index contributed by atoms with van der Waals surface area (Å²) in [5.41, 5.74) is -0.551. The van der Waals surface area contributed by atoms with Crippen LogP contribution in [0.5, 0.6) is 0 Å². The van der Waals surface area contributed by atoms with Crippen molar-refractivity contribution in [2.24, 2.45) is 10.9 Å². The Kier molecular flexibility index (Phi) is 6.06. The average molecular weight is 309 g/mol. The van der Waals surface area contributed by atoms with E-state index in [1.807, 2.05) is 11.3 Å². The lowest BCUT2D eigenvalue weighted by atomic mass is 9.80. The van der Waals surface area contributed by atoms with Gasteiger partial charge in [-0.1, -0.05) is 13.0 Å². The van der Waals surface area contributed by atoms with E-state index >= 15 is 0 Å². The Morgan fingerprint density at radius 1 is 1.48 bits per heavy atom. The molecule has 0 aliphatic heterocycles. The second-order valence-electron chi connectivity index (χ2n) is 6.04. The van der Waals surface area contributed by atoms with Crippen LogP contribution in [-0.2, 0) is 6.42 Å². The summed E-state index contributed by atoms with van der Waals surface area (Å²) in [7, 11) is 0. The summed E-state index contributed by atoms with van der Waals surface area (Å²) in [5, 5.41) is 18.9. The molecule has 4 nitrogen and oxygen atoms in total. The van der Waals surface area contributed by atoms with E-state index < -0.39 is 5.60 Å². The third-order valence-corrected chi connectivity index (χ3v) is 4.81. The molecule has 1 atom stereocenters. The number of hydrogen-bond acceptors (Lipinski definition) is 3. The summed E-state index contributed by atoms with van der Waals surface area (Å²) in [4.78, 5) is 5.95. The molecule has 1 aromatic rings. The van der Waals surface area contributed by atoms with Crippen LogP contribution in [0, 0.1) is 5.92 Å². The quantitative estimate of drug-likeness (QED) is 0.535. The molecule has 1 aliphatic rings. The lowest BCUT2D eigenvalue weighted by molar-refractivity contribution is -0.0236. The lowest BCUT2D eigenvalue weighted by Gasteiger charge is -2.35. The third-order valence-electron chi connectivity index (χ3n) is 3.91. The van der Waals surface area contributed by atoms with Gasteiger partial charge in [0, 0.05) is 18.0 Å². The molecule has 1 saturated carbocycles. The van der Waals surface area contributed by atoms with Crippen molar-refractivity contribution in [1.82, 2.24) is 10.6 Å². The first-order chi connectivity index (χ1) is 10.1. The topological polar surface area (TPSA) is 56.7 Å². The predicted molar refractivity (Wildman–Crippen MR) is 90.0 cm³/mol. The smallest absolute Gasteiger partial charge is 0.191 e. The maximum Gasteiger partial charge on any atom is 0.191 e. The Balaban J connectivity index is 1.77. The van der Waals surface area contributed by atoms with Crippen molar-refractivity contribution < 1.29 is 5.11 Å². The first kappa shape index (κ1) is 16.3. The standard InChI is InChI=1S/C16H27N3OS/c1-3-17-15(19-12-16(20)7-5-8-16)18-11-13(2)10-14-6-4-9-21-14/h4,6,9,13,20H,3,5,7-8,10-12H2,1-2H3,(H2,17,18,19). The van der Waals surface area contributed by atoms with Crippen LogP contribution in [0.25, 0.3) is 0 Å². The first-order valence-corrected chi connectivity index (χ1v) is 8.76. The van der Waals surface area contributed by atoms with Gasteiger partial charge < -0.3 is 15.7 Å². The molecule has 1 fully saturated rings. The highest BCUT2D eigenvalue weighted by Gasteiger charge is 2.34. The van der Waals surface area contributed by atoms with Gasteiger partial charge in [0.2, 0.25) is 0 Å². The minimum Gasteiger partial charge on any atom is -0.388 e. The molecule has 21 heavy (non-hydrogen) atoms. The van der Waals surface area contributed by atoms with Crippen molar-refractivity contribution in [3.8, 4) is 0 Å². The fraction of sp³-hybridized carbons (Fsp3) is 0.688. The third kappa shape index (κ3) is 5.32. The van der Waals surface area contributed by atoms with Gasteiger partial charge in [-0.2, -0.15) is 0 Å². The zero-order valence-corrected chi connectivity index (χ0v) is 13.9. The van der Waals surface area contributed by atoms with Crippen LogP contribution in [-0.4, -0.2) is 36.3 Å². The van der Waals surface area contributed by atoms with Crippen molar-refractivity contribution >= 4 is 17.3 Å². The van der Waals surface area contributed by atoms with E-state index in [-0.39, 0.29) is 0 Å². The maximum atomic E-state index is 10.1. The summed E-state index contributed by atoms with van der Waals surface area (Å²) in [5.74, 6) is 1.37. The summed E-state index contributed by atoms with van der Waals surface area (Å²) in [6.07, 6.45) is 3.97. The summed E-state index contributed by atoms with van der Waals surface area (Å²) in [6.45, 7) is 6.54. The molecule has 1 heterocycles. The zero-order valence-electron chi connectivity index (χ0n) is 13.1. The molecule has 1 aliphatic carbocycles.